The maximum absolute atomic E-state index is 12.5. The van der Waals surface area contributed by atoms with E-state index in [4.69, 9.17) is 0 Å². The molecule has 0 aliphatic carbocycles. The van der Waals surface area contributed by atoms with Crippen molar-refractivity contribution in [2.75, 3.05) is 10.1 Å². The Morgan fingerprint density at radius 3 is 2.58 bits per heavy atom. The minimum Gasteiger partial charge on any atom is -0.273 e. The zero-order valence-electron chi connectivity index (χ0n) is 13.9. The number of amides is 1. The van der Waals surface area contributed by atoms with E-state index in [9.17, 15) is 21.6 Å². The fourth-order valence-electron chi connectivity index (χ4n) is 2.68. The lowest BCUT2D eigenvalue weighted by atomic mass is 10.2. The van der Waals surface area contributed by atoms with Gasteiger partial charge in [-0.3, -0.25) is 9.78 Å². The maximum atomic E-state index is 12.5. The van der Waals surface area contributed by atoms with Crippen LogP contribution in [0.2, 0.25) is 0 Å². The van der Waals surface area contributed by atoms with Crippen LogP contribution in [0, 0.1) is 6.92 Å². The van der Waals surface area contributed by atoms with E-state index in [-0.39, 0.29) is 29.3 Å². The molecule has 26 heavy (non-hydrogen) atoms. The molecule has 0 saturated carbocycles. The first-order valence-corrected chi connectivity index (χ1v) is 10.9. The Kier molecular flexibility index (Phi) is 4.82. The molecule has 0 radical (unpaired) electrons. The summed E-state index contributed by atoms with van der Waals surface area (Å²) in [7, 11) is -7.50. The van der Waals surface area contributed by atoms with E-state index < -0.39 is 26.0 Å². The van der Waals surface area contributed by atoms with Crippen molar-refractivity contribution >= 4 is 31.6 Å². The molecule has 2 heterocycles. The molecule has 2 aromatic rings. The molecule has 1 saturated heterocycles. The van der Waals surface area contributed by atoms with Crippen LogP contribution < -0.4 is 9.03 Å². The third kappa shape index (κ3) is 3.62. The second-order valence-electron chi connectivity index (χ2n) is 5.82. The zero-order valence-corrected chi connectivity index (χ0v) is 15.5. The Morgan fingerprint density at radius 1 is 1.23 bits per heavy atom. The summed E-state index contributed by atoms with van der Waals surface area (Å²) in [5, 5.41) is 0. The molecule has 138 valence electrons. The van der Waals surface area contributed by atoms with Crippen LogP contribution >= 0.6 is 0 Å². The van der Waals surface area contributed by atoms with Gasteiger partial charge in [-0.25, -0.2) is 25.9 Å². The fraction of sp³-hybridized carbons (Fsp3) is 0.250. The summed E-state index contributed by atoms with van der Waals surface area (Å²) in [6.45, 7) is 1.58. The van der Waals surface area contributed by atoms with Crippen molar-refractivity contribution in [3.8, 4) is 0 Å². The number of benzene rings is 1. The molecule has 0 bridgehead atoms. The molecule has 0 atom stereocenters. The van der Waals surface area contributed by atoms with Crippen LogP contribution in [0.1, 0.15) is 17.7 Å². The number of aromatic nitrogens is 1. The van der Waals surface area contributed by atoms with Crippen LogP contribution in [0.5, 0.6) is 0 Å². The second kappa shape index (κ2) is 6.78. The molecule has 1 fully saturated rings. The Bertz CT molecular complexity index is 1050. The lowest BCUT2D eigenvalue weighted by Gasteiger charge is -2.17. The van der Waals surface area contributed by atoms with Crippen LogP contribution in [0.4, 0.5) is 5.69 Å². The minimum atomic E-state index is -3.81. The van der Waals surface area contributed by atoms with Crippen molar-refractivity contribution in [3.63, 3.8) is 0 Å². The maximum Gasteiger partial charge on any atom is 0.242 e. The highest BCUT2D eigenvalue weighted by Crippen LogP contribution is 2.28. The normalized spacial score (nSPS) is 16.8. The van der Waals surface area contributed by atoms with E-state index >= 15 is 0 Å². The molecule has 1 aliphatic rings. The quantitative estimate of drug-likeness (QED) is 0.806. The molecule has 0 unspecified atom stereocenters. The van der Waals surface area contributed by atoms with E-state index in [1.165, 1.54) is 18.2 Å². The monoisotopic (exact) mass is 395 g/mol. The molecule has 10 heteroatoms. The number of nitrogens with one attached hydrogen (secondary N) is 1. The summed E-state index contributed by atoms with van der Waals surface area (Å²) in [6.07, 6.45) is 1.49. The first-order chi connectivity index (χ1) is 12.2. The molecule has 1 aromatic carbocycles. The summed E-state index contributed by atoms with van der Waals surface area (Å²) < 4.78 is 52.2. The first-order valence-electron chi connectivity index (χ1n) is 7.77. The Labute approximate surface area is 152 Å². The van der Waals surface area contributed by atoms with E-state index in [1.807, 2.05) is 0 Å². The van der Waals surface area contributed by atoms with Gasteiger partial charge in [-0.15, -0.1) is 0 Å². The molecular formula is C16H17N3O5S2. The van der Waals surface area contributed by atoms with Crippen molar-refractivity contribution in [1.82, 2.24) is 9.71 Å². The van der Waals surface area contributed by atoms with Gasteiger partial charge in [-0.2, -0.15) is 0 Å². The zero-order chi connectivity index (χ0) is 18.9. The Hall–Kier alpha value is -2.30. The predicted octanol–water partition coefficient (Wildman–Crippen LogP) is 0.935. The lowest BCUT2D eigenvalue weighted by Crippen LogP contribution is -2.29. The van der Waals surface area contributed by atoms with Crippen molar-refractivity contribution < 1.29 is 21.6 Å². The largest absolute Gasteiger partial charge is 0.273 e. The van der Waals surface area contributed by atoms with Gasteiger partial charge < -0.3 is 0 Å². The number of anilines is 1. The number of pyridine rings is 1. The number of rotatable bonds is 5. The summed E-state index contributed by atoms with van der Waals surface area (Å²) in [6, 6.07) is 9.19. The van der Waals surface area contributed by atoms with E-state index in [0.29, 0.717) is 11.3 Å². The van der Waals surface area contributed by atoms with Gasteiger partial charge in [0, 0.05) is 12.6 Å². The first kappa shape index (κ1) is 18.5. The van der Waals surface area contributed by atoms with Crippen LogP contribution in [-0.2, 0) is 31.4 Å². The number of hydrogen-bond acceptors (Lipinski definition) is 6. The number of aryl methyl sites for hydroxylation is 1. The highest BCUT2D eigenvalue weighted by molar-refractivity contribution is 7.94. The highest BCUT2D eigenvalue weighted by Gasteiger charge is 2.36. The predicted molar refractivity (Wildman–Crippen MR) is 95.3 cm³/mol. The molecule has 8 nitrogen and oxygen atoms in total. The van der Waals surface area contributed by atoms with Gasteiger partial charge >= 0.3 is 0 Å². The van der Waals surface area contributed by atoms with E-state index in [2.05, 4.69) is 9.71 Å². The lowest BCUT2D eigenvalue weighted by molar-refractivity contribution is -0.116. The van der Waals surface area contributed by atoms with Crippen molar-refractivity contribution in [2.45, 2.75) is 24.8 Å². The average Bonchev–Trinajstić information content (AvgIpc) is 2.86. The summed E-state index contributed by atoms with van der Waals surface area (Å²) in [5.41, 5.74) is 1.05. The van der Waals surface area contributed by atoms with Gasteiger partial charge in [-0.1, -0.05) is 6.07 Å². The number of sulfonamides is 2. The van der Waals surface area contributed by atoms with Gasteiger partial charge in [0.05, 0.1) is 28.6 Å². The molecule has 1 aliphatic heterocycles. The second-order valence-corrected chi connectivity index (χ2v) is 9.49. The summed E-state index contributed by atoms with van der Waals surface area (Å²) in [4.78, 5) is 15.9. The molecule has 3 rings (SSSR count). The van der Waals surface area contributed by atoms with Gasteiger partial charge in [0.15, 0.2) is 0 Å². The number of hydrogen-bond donors (Lipinski definition) is 1. The van der Waals surface area contributed by atoms with Crippen LogP contribution in [0.3, 0.4) is 0 Å². The molecule has 1 N–H and O–H groups in total. The van der Waals surface area contributed by atoms with Crippen LogP contribution in [0.25, 0.3) is 0 Å². The third-order valence-electron chi connectivity index (χ3n) is 3.93. The van der Waals surface area contributed by atoms with Gasteiger partial charge in [0.2, 0.25) is 26.0 Å². The van der Waals surface area contributed by atoms with Gasteiger partial charge in [-0.05, 0) is 42.8 Å². The third-order valence-corrected chi connectivity index (χ3v) is 7.18. The fourth-order valence-corrected chi connectivity index (χ4v) is 5.35. The molecule has 0 spiro atoms. The Balaban J connectivity index is 1.86. The molecular weight excluding hydrogens is 378 g/mol. The number of carbonyl (C=O) groups is 1. The smallest absolute Gasteiger partial charge is 0.242 e. The average molecular weight is 395 g/mol. The number of carbonyl (C=O) groups excluding carboxylic acids is 1. The summed E-state index contributed by atoms with van der Waals surface area (Å²) in [5.74, 6) is -0.760. The van der Waals surface area contributed by atoms with Crippen molar-refractivity contribution in [3.05, 3.63) is 53.9 Å². The Morgan fingerprint density at radius 2 is 2.00 bits per heavy atom. The summed E-state index contributed by atoms with van der Waals surface area (Å²) >= 11 is 0. The molecule has 1 amide bonds. The topological polar surface area (TPSA) is 114 Å². The molecule has 1 aromatic heterocycles. The van der Waals surface area contributed by atoms with Crippen LogP contribution in [-0.4, -0.2) is 33.5 Å². The van der Waals surface area contributed by atoms with Crippen molar-refractivity contribution in [1.29, 1.82) is 0 Å². The van der Waals surface area contributed by atoms with Crippen LogP contribution in [0.15, 0.2) is 47.5 Å². The SMILES string of the molecule is Cc1cc(N2C(=O)CCS2(=O)=O)ccc1S(=O)(=O)NCc1ccccn1. The standard InChI is InChI=1S/C16H17N3O5S2/c1-12-10-14(19-16(20)7-9-25(19,21)22)5-6-15(12)26(23,24)18-11-13-4-2-3-8-17-13/h2-6,8,10,18H,7,9,11H2,1H3. The highest BCUT2D eigenvalue weighted by atomic mass is 32.2. The van der Waals surface area contributed by atoms with Gasteiger partial charge in [0.25, 0.3) is 0 Å². The minimum absolute atomic E-state index is 0.0150. The number of nitrogens with zero attached hydrogens (tertiary/aromatic N) is 2. The van der Waals surface area contributed by atoms with Crippen molar-refractivity contribution in [2.24, 2.45) is 0 Å². The van der Waals surface area contributed by atoms with Gasteiger partial charge in [0.1, 0.15) is 0 Å². The van der Waals surface area contributed by atoms with E-state index in [0.717, 1.165) is 4.31 Å². The van der Waals surface area contributed by atoms with E-state index in [1.54, 1.807) is 31.3 Å².